The highest BCUT2D eigenvalue weighted by Crippen LogP contribution is 2.43. The normalized spacial score (nSPS) is 15.8. The van der Waals surface area contributed by atoms with E-state index in [1.165, 1.54) is 83.1 Å². The van der Waals surface area contributed by atoms with Gasteiger partial charge in [-0.15, -0.1) is 0 Å². The van der Waals surface area contributed by atoms with Crippen molar-refractivity contribution >= 4 is 25.7 Å². The number of aliphatic hydroxyl groups excluding tert-OH is 3. The summed E-state index contributed by atoms with van der Waals surface area (Å²) in [5, 5.41) is 39.3. The highest BCUT2D eigenvalue weighted by Gasteiger charge is 2.28. The number of carboxylic acids is 1. The monoisotopic (exact) mass is 886 g/mol. The van der Waals surface area contributed by atoms with E-state index in [0.717, 1.165) is 32.1 Å². The number of nitrogens with two attached hydrogens (primary N) is 1. The van der Waals surface area contributed by atoms with Gasteiger partial charge in [-0.25, -0.2) is 4.57 Å². The summed E-state index contributed by atoms with van der Waals surface area (Å²) in [5.41, 5.74) is 5.32. The molecule has 0 bridgehead atoms. The number of carbonyl (C=O) groups excluding carboxylic acids is 2. The molecule has 0 saturated carbocycles. The van der Waals surface area contributed by atoms with Gasteiger partial charge in [0.05, 0.1) is 31.5 Å². The number of carbonyl (C=O) groups is 3. The average molecular weight is 886 g/mol. The molecule has 0 radical (unpaired) electrons. The number of phosphoric ester groups is 1. The maximum absolute atomic E-state index is 12.7. The summed E-state index contributed by atoms with van der Waals surface area (Å²) in [6, 6.07) is -1.57. The molecule has 0 spiro atoms. The maximum atomic E-state index is 12.7. The van der Waals surface area contributed by atoms with Crippen LogP contribution in [0.3, 0.4) is 0 Å². The first kappa shape index (κ1) is 58.1. The number of hydrogen-bond acceptors (Lipinski definition) is 12. The molecule has 61 heavy (non-hydrogen) atoms. The molecule has 0 aromatic heterocycles. The third-order valence-electron chi connectivity index (χ3n) is 9.62. The Labute approximate surface area is 366 Å². The largest absolute Gasteiger partial charge is 0.480 e. The number of aliphatic hydroxyl groups is 3. The second kappa shape index (κ2) is 39.9. The molecular formula is C46H80NO13P. The van der Waals surface area contributed by atoms with Gasteiger partial charge in [-0.05, 0) is 32.1 Å². The lowest BCUT2D eigenvalue weighted by Gasteiger charge is -2.20. The number of hydrogen-bond donors (Lipinski definition) is 6. The van der Waals surface area contributed by atoms with Gasteiger partial charge in [0.2, 0.25) is 0 Å². The second-order valence-electron chi connectivity index (χ2n) is 15.4. The van der Waals surface area contributed by atoms with Crippen molar-refractivity contribution in [3.05, 3.63) is 60.8 Å². The van der Waals surface area contributed by atoms with Gasteiger partial charge in [-0.1, -0.05) is 177 Å². The quantitative estimate of drug-likeness (QED) is 0.0111. The van der Waals surface area contributed by atoms with Gasteiger partial charge in [0.15, 0.2) is 6.10 Å². The Morgan fingerprint density at radius 2 is 1.11 bits per heavy atom. The highest BCUT2D eigenvalue weighted by atomic mass is 31.2. The average Bonchev–Trinajstić information content (AvgIpc) is 3.22. The lowest BCUT2D eigenvalue weighted by atomic mass is 10.0. The SMILES string of the molecule is CC/C=C\C[C@@H](O)/C=C/C=C/C=C\C=C/[C@H](O)[C@@H](O)CCCC(=O)OC[C@H](COP(=O)(O)OC[C@H](N)C(=O)O)OC(=O)CCCCCCCCCCCCCCCCCCC. The van der Waals surface area contributed by atoms with E-state index in [1.54, 1.807) is 42.5 Å². The Morgan fingerprint density at radius 1 is 0.623 bits per heavy atom. The van der Waals surface area contributed by atoms with Gasteiger partial charge in [0.25, 0.3) is 0 Å². The molecule has 14 nitrogen and oxygen atoms in total. The second-order valence-corrected chi connectivity index (χ2v) is 16.8. The van der Waals surface area contributed by atoms with Crippen LogP contribution in [0.15, 0.2) is 60.8 Å². The van der Waals surface area contributed by atoms with Gasteiger partial charge in [0.1, 0.15) is 12.6 Å². The lowest BCUT2D eigenvalue weighted by molar-refractivity contribution is -0.161. The van der Waals surface area contributed by atoms with Crippen LogP contribution in [0.1, 0.15) is 162 Å². The fourth-order valence-corrected chi connectivity index (χ4v) is 6.71. The van der Waals surface area contributed by atoms with Crippen molar-refractivity contribution < 1.29 is 62.8 Å². The Morgan fingerprint density at radius 3 is 1.66 bits per heavy atom. The van der Waals surface area contributed by atoms with Gasteiger partial charge >= 0.3 is 25.7 Å². The number of phosphoric acid groups is 1. The Balaban J connectivity index is 4.64. The van der Waals surface area contributed by atoms with Crippen LogP contribution >= 0.6 is 7.82 Å². The topological polar surface area (TPSA) is 232 Å². The predicted octanol–water partition coefficient (Wildman–Crippen LogP) is 8.86. The van der Waals surface area contributed by atoms with E-state index in [-0.39, 0.29) is 25.7 Å². The van der Waals surface area contributed by atoms with Crippen LogP contribution < -0.4 is 5.73 Å². The molecule has 7 N–H and O–H groups in total. The maximum Gasteiger partial charge on any atom is 0.472 e. The molecular weight excluding hydrogens is 805 g/mol. The first-order chi connectivity index (χ1) is 29.3. The van der Waals surface area contributed by atoms with Gasteiger partial charge in [0, 0.05) is 12.8 Å². The van der Waals surface area contributed by atoms with Crippen molar-refractivity contribution in [2.75, 3.05) is 19.8 Å². The number of unbranched alkanes of at least 4 members (excludes halogenated alkanes) is 16. The standard InChI is InChI=1S/C46H80NO13P/c1-3-5-7-8-9-10-11-12-13-14-15-16-17-18-19-24-28-34-45(52)60-40(37-58-61(55,56)59-38-41(47)46(53)54)36-57-44(51)35-29-33-43(50)42(49)32-27-23-21-20-22-26-31-39(48)30-25-6-4-2/h6,20-23,25-27,31-32,39-43,48-50H,3-5,7-19,24,28-30,33-38,47H2,1-2H3,(H,53,54)(H,55,56)/b22-20+,23-21-,25-6-,31-26+,32-27-/t39-,40-,41+,42+,43+/m1/s1. The number of allylic oxidation sites excluding steroid dienone is 7. The van der Waals surface area contributed by atoms with E-state index in [9.17, 15) is 39.2 Å². The molecule has 1 unspecified atom stereocenters. The fourth-order valence-electron chi connectivity index (χ4n) is 5.94. The van der Waals surface area contributed by atoms with Crippen molar-refractivity contribution in [3.8, 4) is 0 Å². The van der Waals surface area contributed by atoms with Crippen molar-refractivity contribution in [2.24, 2.45) is 5.73 Å². The summed E-state index contributed by atoms with van der Waals surface area (Å²) in [6.07, 6.45) is 35.2. The van der Waals surface area contributed by atoms with E-state index in [4.69, 9.17) is 24.8 Å². The van der Waals surface area contributed by atoms with Gasteiger partial charge in [-0.3, -0.25) is 23.4 Å². The van der Waals surface area contributed by atoms with Crippen molar-refractivity contribution in [2.45, 2.75) is 192 Å². The van der Waals surface area contributed by atoms with E-state index in [2.05, 4.69) is 11.4 Å². The summed E-state index contributed by atoms with van der Waals surface area (Å²) in [4.78, 5) is 46.1. The summed E-state index contributed by atoms with van der Waals surface area (Å²) >= 11 is 0. The minimum Gasteiger partial charge on any atom is -0.480 e. The number of aliphatic carboxylic acids is 1. The molecule has 0 amide bonds. The molecule has 0 aliphatic rings. The summed E-state index contributed by atoms with van der Waals surface area (Å²) in [7, 11) is -4.80. The van der Waals surface area contributed by atoms with Crippen LogP contribution in [0.5, 0.6) is 0 Å². The molecule has 15 heteroatoms. The molecule has 0 aliphatic heterocycles. The predicted molar refractivity (Wildman–Crippen MR) is 239 cm³/mol. The summed E-state index contributed by atoms with van der Waals surface area (Å²) < 4.78 is 32.5. The Bertz CT molecular complexity index is 1320. The first-order valence-electron chi connectivity index (χ1n) is 22.6. The first-order valence-corrected chi connectivity index (χ1v) is 24.1. The zero-order chi connectivity index (χ0) is 45.4. The molecule has 6 atom stereocenters. The molecule has 0 saturated heterocycles. The summed E-state index contributed by atoms with van der Waals surface area (Å²) in [5.74, 6) is -2.75. The molecule has 352 valence electrons. The third-order valence-corrected chi connectivity index (χ3v) is 10.6. The highest BCUT2D eigenvalue weighted by molar-refractivity contribution is 7.47. The van der Waals surface area contributed by atoms with E-state index in [1.807, 2.05) is 19.1 Å². The van der Waals surface area contributed by atoms with E-state index in [0.29, 0.717) is 12.8 Å². The molecule has 0 rings (SSSR count). The molecule has 0 heterocycles. The molecule has 0 fully saturated rings. The van der Waals surface area contributed by atoms with Crippen molar-refractivity contribution in [1.29, 1.82) is 0 Å². The smallest absolute Gasteiger partial charge is 0.472 e. The minimum atomic E-state index is -4.80. The van der Waals surface area contributed by atoms with Gasteiger partial charge in [-0.2, -0.15) is 0 Å². The van der Waals surface area contributed by atoms with Gasteiger partial charge < -0.3 is 40.5 Å². The van der Waals surface area contributed by atoms with Crippen LogP contribution in [-0.4, -0.2) is 93.5 Å². The van der Waals surface area contributed by atoms with Crippen LogP contribution in [-0.2, 0) is 37.5 Å². The Kier molecular flexibility index (Phi) is 38.0. The van der Waals surface area contributed by atoms with Crippen LogP contribution in [0.4, 0.5) is 0 Å². The Hall–Kier alpha value is -2.94. The van der Waals surface area contributed by atoms with Crippen molar-refractivity contribution in [1.82, 2.24) is 0 Å². The third kappa shape index (κ3) is 38.5. The van der Waals surface area contributed by atoms with Crippen molar-refractivity contribution in [3.63, 3.8) is 0 Å². The molecule has 0 aromatic rings. The minimum absolute atomic E-state index is 0.0786. The van der Waals surface area contributed by atoms with Crippen LogP contribution in [0.25, 0.3) is 0 Å². The van der Waals surface area contributed by atoms with E-state index < -0.39 is 76.0 Å². The molecule has 0 aliphatic carbocycles. The number of esters is 2. The fraction of sp³-hybridized carbons (Fsp3) is 0.717. The van der Waals surface area contributed by atoms with Crippen LogP contribution in [0, 0.1) is 0 Å². The number of carboxylic acid groups (broad SMARTS) is 1. The number of ether oxygens (including phenoxy) is 2. The van der Waals surface area contributed by atoms with Crippen LogP contribution in [0.2, 0.25) is 0 Å². The number of rotatable bonds is 41. The molecule has 0 aromatic carbocycles. The zero-order valence-electron chi connectivity index (χ0n) is 37.1. The lowest BCUT2D eigenvalue weighted by Crippen LogP contribution is -2.34. The summed E-state index contributed by atoms with van der Waals surface area (Å²) in [6.45, 7) is 2.27. The van der Waals surface area contributed by atoms with E-state index >= 15 is 0 Å². The zero-order valence-corrected chi connectivity index (χ0v) is 38.0.